The van der Waals surface area contributed by atoms with Gasteiger partial charge in [-0.2, -0.15) is 0 Å². The van der Waals surface area contributed by atoms with Gasteiger partial charge >= 0.3 is 0 Å². The van der Waals surface area contributed by atoms with Gasteiger partial charge in [0, 0.05) is 17.6 Å². The van der Waals surface area contributed by atoms with Gasteiger partial charge in [0.1, 0.15) is 5.75 Å². The molecule has 0 saturated heterocycles. The zero-order chi connectivity index (χ0) is 20.0. The molecule has 1 heterocycles. The summed E-state index contributed by atoms with van der Waals surface area (Å²) in [5, 5.41) is 11.1. The van der Waals surface area contributed by atoms with E-state index in [1.807, 2.05) is 32.6 Å². The van der Waals surface area contributed by atoms with Crippen molar-refractivity contribution in [3.63, 3.8) is 0 Å². The van der Waals surface area contributed by atoms with E-state index in [1.54, 1.807) is 31.4 Å². The number of rotatable bonds is 8. The standard InChI is InChI=1S/C18H24N4O3S2/c1-11(2)22(12(3)4)15(23)10-26-18-21-20-17(27-18)19-16(24)13-7-6-8-14(9-13)25-5/h6-9,11-12H,10H2,1-5H3,(H,19,20,24). The minimum atomic E-state index is -0.288. The topological polar surface area (TPSA) is 84.4 Å². The summed E-state index contributed by atoms with van der Waals surface area (Å²) in [5.41, 5.74) is 0.471. The van der Waals surface area contributed by atoms with Gasteiger partial charge in [0.05, 0.1) is 12.9 Å². The lowest BCUT2D eigenvalue weighted by Crippen LogP contribution is -2.43. The summed E-state index contributed by atoms with van der Waals surface area (Å²) >= 11 is 2.57. The first-order valence-electron chi connectivity index (χ1n) is 8.54. The van der Waals surface area contributed by atoms with Crippen molar-refractivity contribution in [3.05, 3.63) is 29.8 Å². The molecule has 9 heteroatoms. The summed E-state index contributed by atoms with van der Waals surface area (Å²) in [4.78, 5) is 26.6. The fourth-order valence-electron chi connectivity index (χ4n) is 2.62. The maximum Gasteiger partial charge on any atom is 0.257 e. The molecular formula is C18H24N4O3S2. The minimum absolute atomic E-state index is 0.0576. The molecule has 0 bridgehead atoms. The molecule has 2 rings (SSSR count). The number of benzene rings is 1. The molecule has 0 aliphatic rings. The lowest BCUT2D eigenvalue weighted by Gasteiger charge is -2.30. The molecule has 1 N–H and O–H groups in total. The molecule has 0 fully saturated rings. The van der Waals surface area contributed by atoms with E-state index < -0.39 is 0 Å². The van der Waals surface area contributed by atoms with E-state index >= 15 is 0 Å². The molecule has 0 aliphatic heterocycles. The molecule has 2 aromatic rings. The third-order valence-corrected chi connectivity index (χ3v) is 5.64. The monoisotopic (exact) mass is 408 g/mol. The van der Waals surface area contributed by atoms with Crippen molar-refractivity contribution in [3.8, 4) is 5.75 Å². The number of nitrogens with zero attached hydrogens (tertiary/aromatic N) is 3. The Bertz CT molecular complexity index is 784. The average molecular weight is 409 g/mol. The molecule has 1 aromatic carbocycles. The zero-order valence-corrected chi connectivity index (χ0v) is 17.7. The molecule has 146 valence electrons. The van der Waals surface area contributed by atoms with Crippen LogP contribution in [0, 0.1) is 0 Å². The molecule has 7 nitrogen and oxygen atoms in total. The summed E-state index contributed by atoms with van der Waals surface area (Å²) in [6.07, 6.45) is 0. The fourth-order valence-corrected chi connectivity index (χ4v) is 4.24. The lowest BCUT2D eigenvalue weighted by molar-refractivity contribution is -0.131. The Morgan fingerprint density at radius 1 is 1.22 bits per heavy atom. The first-order chi connectivity index (χ1) is 12.8. The quantitative estimate of drug-likeness (QED) is 0.531. The number of amides is 2. The highest BCUT2D eigenvalue weighted by atomic mass is 32.2. The summed E-state index contributed by atoms with van der Waals surface area (Å²) in [7, 11) is 1.55. The highest BCUT2D eigenvalue weighted by Crippen LogP contribution is 2.26. The number of thioether (sulfide) groups is 1. The second-order valence-corrected chi connectivity index (χ2v) is 8.54. The van der Waals surface area contributed by atoms with E-state index in [0.29, 0.717) is 20.8 Å². The van der Waals surface area contributed by atoms with Crippen molar-refractivity contribution in [1.82, 2.24) is 15.1 Å². The van der Waals surface area contributed by atoms with Crippen molar-refractivity contribution < 1.29 is 14.3 Å². The first-order valence-corrected chi connectivity index (χ1v) is 10.3. The number of carbonyl (C=O) groups excluding carboxylic acids is 2. The van der Waals surface area contributed by atoms with E-state index in [9.17, 15) is 9.59 Å². The Hall–Kier alpha value is -2.13. The van der Waals surface area contributed by atoms with Gasteiger partial charge in [-0.3, -0.25) is 14.9 Å². The van der Waals surface area contributed by atoms with Crippen LogP contribution in [0.3, 0.4) is 0 Å². The minimum Gasteiger partial charge on any atom is -0.497 e. The molecule has 0 aliphatic carbocycles. The molecule has 1 aromatic heterocycles. The molecule has 0 spiro atoms. The number of anilines is 1. The summed E-state index contributed by atoms with van der Waals surface area (Å²) in [6, 6.07) is 7.15. The van der Waals surface area contributed by atoms with E-state index in [1.165, 1.54) is 23.1 Å². The predicted molar refractivity (Wildman–Crippen MR) is 109 cm³/mol. The number of aromatic nitrogens is 2. The SMILES string of the molecule is COc1cccc(C(=O)Nc2nnc(SCC(=O)N(C(C)C)C(C)C)s2)c1. The highest BCUT2D eigenvalue weighted by Gasteiger charge is 2.21. The largest absolute Gasteiger partial charge is 0.497 e. The van der Waals surface area contributed by atoms with Crippen LogP contribution in [-0.2, 0) is 4.79 Å². The normalized spacial score (nSPS) is 10.9. The number of ether oxygens (including phenoxy) is 1. The number of hydrogen-bond acceptors (Lipinski definition) is 7. The van der Waals surface area contributed by atoms with E-state index in [2.05, 4.69) is 15.5 Å². The van der Waals surface area contributed by atoms with Gasteiger partial charge in [0.15, 0.2) is 4.34 Å². The van der Waals surface area contributed by atoms with E-state index in [4.69, 9.17) is 4.74 Å². The molecule has 2 amide bonds. The highest BCUT2D eigenvalue weighted by molar-refractivity contribution is 8.01. The van der Waals surface area contributed by atoms with Gasteiger partial charge in [-0.05, 0) is 45.9 Å². The average Bonchev–Trinajstić information content (AvgIpc) is 3.06. The van der Waals surface area contributed by atoms with Crippen molar-refractivity contribution in [2.45, 2.75) is 44.1 Å². The Morgan fingerprint density at radius 3 is 2.56 bits per heavy atom. The predicted octanol–water partition coefficient (Wildman–Crippen LogP) is 3.54. The second-order valence-electron chi connectivity index (χ2n) is 6.34. The molecule has 0 atom stereocenters. The number of nitrogens with one attached hydrogen (secondary N) is 1. The van der Waals surface area contributed by atoms with Crippen molar-refractivity contribution in [2.75, 3.05) is 18.2 Å². The molecule has 27 heavy (non-hydrogen) atoms. The maximum absolute atomic E-state index is 12.4. The second kappa shape index (κ2) is 9.70. The third-order valence-electron chi connectivity index (χ3n) is 3.68. The third kappa shape index (κ3) is 5.93. The maximum atomic E-state index is 12.4. The smallest absolute Gasteiger partial charge is 0.257 e. The van der Waals surface area contributed by atoms with Crippen LogP contribution in [0.25, 0.3) is 0 Å². The summed E-state index contributed by atoms with van der Waals surface area (Å²) in [5.74, 6) is 0.662. The van der Waals surface area contributed by atoms with Gasteiger partial charge in [0.2, 0.25) is 11.0 Å². The Morgan fingerprint density at radius 2 is 1.93 bits per heavy atom. The van der Waals surface area contributed by atoms with Crippen molar-refractivity contribution in [1.29, 1.82) is 0 Å². The Labute approximate surface area is 167 Å². The van der Waals surface area contributed by atoms with Crippen LogP contribution in [0.15, 0.2) is 28.6 Å². The van der Waals surface area contributed by atoms with Gasteiger partial charge in [0.25, 0.3) is 5.91 Å². The van der Waals surface area contributed by atoms with Gasteiger partial charge in [-0.15, -0.1) is 10.2 Å². The van der Waals surface area contributed by atoms with E-state index in [-0.39, 0.29) is 29.7 Å². The zero-order valence-electron chi connectivity index (χ0n) is 16.1. The first kappa shape index (κ1) is 21.2. The Kier molecular flexibility index (Phi) is 7.61. The molecule has 0 unspecified atom stereocenters. The van der Waals surface area contributed by atoms with Gasteiger partial charge < -0.3 is 9.64 Å². The number of carbonyl (C=O) groups is 2. The van der Waals surface area contributed by atoms with Crippen LogP contribution < -0.4 is 10.1 Å². The van der Waals surface area contributed by atoms with Crippen LogP contribution in [0.4, 0.5) is 5.13 Å². The van der Waals surface area contributed by atoms with Crippen LogP contribution in [0.5, 0.6) is 5.75 Å². The van der Waals surface area contributed by atoms with Crippen molar-refractivity contribution in [2.24, 2.45) is 0 Å². The van der Waals surface area contributed by atoms with Gasteiger partial charge in [-0.1, -0.05) is 29.2 Å². The summed E-state index contributed by atoms with van der Waals surface area (Å²) in [6.45, 7) is 8.00. The van der Waals surface area contributed by atoms with Gasteiger partial charge in [-0.25, -0.2) is 0 Å². The lowest BCUT2D eigenvalue weighted by atomic mass is 10.2. The molecular weight excluding hydrogens is 384 g/mol. The van der Waals surface area contributed by atoms with Crippen LogP contribution in [0.2, 0.25) is 0 Å². The summed E-state index contributed by atoms with van der Waals surface area (Å²) < 4.78 is 5.76. The van der Waals surface area contributed by atoms with Crippen molar-refractivity contribution >= 4 is 40.0 Å². The van der Waals surface area contributed by atoms with E-state index in [0.717, 1.165) is 0 Å². The number of methoxy groups -OCH3 is 1. The molecule has 0 radical (unpaired) electrons. The number of hydrogen-bond donors (Lipinski definition) is 1. The Balaban J connectivity index is 1.94. The fraction of sp³-hybridized carbons (Fsp3) is 0.444. The molecule has 0 saturated carbocycles. The van der Waals surface area contributed by atoms with Crippen LogP contribution in [-0.4, -0.2) is 51.9 Å². The van der Waals surface area contributed by atoms with Crippen LogP contribution >= 0.6 is 23.1 Å². The van der Waals surface area contributed by atoms with Crippen LogP contribution in [0.1, 0.15) is 38.1 Å².